The quantitative estimate of drug-likeness (QED) is 0.139. The van der Waals surface area contributed by atoms with E-state index >= 15 is 0 Å². The molecule has 0 saturated carbocycles. The molecule has 0 N–H and O–H groups in total. The van der Waals surface area contributed by atoms with Crippen LogP contribution in [0.1, 0.15) is 0 Å². The molecule has 0 unspecified atom stereocenters. The molecular formula is C62H42N2. The van der Waals surface area contributed by atoms with E-state index in [9.17, 15) is 0 Å². The van der Waals surface area contributed by atoms with Gasteiger partial charge in [0, 0.05) is 39.1 Å². The Morgan fingerprint density at radius 3 is 1.47 bits per heavy atom. The molecular weight excluding hydrogens is 773 g/mol. The van der Waals surface area contributed by atoms with Gasteiger partial charge in [-0.2, -0.15) is 0 Å². The highest BCUT2D eigenvalue weighted by atomic mass is 15.1. The zero-order valence-corrected chi connectivity index (χ0v) is 35.1. The van der Waals surface area contributed by atoms with Crippen LogP contribution in [0.15, 0.2) is 255 Å². The van der Waals surface area contributed by atoms with Gasteiger partial charge in [-0.3, -0.25) is 0 Å². The van der Waals surface area contributed by atoms with Crippen molar-refractivity contribution >= 4 is 60.4 Å². The molecule has 1 heterocycles. The van der Waals surface area contributed by atoms with Crippen LogP contribution >= 0.6 is 0 Å². The van der Waals surface area contributed by atoms with E-state index in [1.165, 1.54) is 82.3 Å². The lowest BCUT2D eigenvalue weighted by molar-refractivity contribution is 1.18. The average Bonchev–Trinajstić information content (AvgIpc) is 3.72. The molecule has 0 aliphatic carbocycles. The largest absolute Gasteiger partial charge is 0.310 e. The van der Waals surface area contributed by atoms with Crippen LogP contribution < -0.4 is 4.90 Å². The summed E-state index contributed by atoms with van der Waals surface area (Å²) >= 11 is 0. The lowest BCUT2D eigenvalue weighted by Crippen LogP contribution is -2.10. The van der Waals surface area contributed by atoms with Crippen molar-refractivity contribution < 1.29 is 0 Å². The van der Waals surface area contributed by atoms with Crippen LogP contribution in [0.5, 0.6) is 0 Å². The Hall–Kier alpha value is -8.46. The SMILES string of the molecule is c1ccc(-c2ccc(-c3ccc(N(c4cccc(-c5cccc6c5ccc5ccccc56)c4)c4cccc(-c5cccc6c7ccccc7n(-c7ccccc7)c56)c4)cc3)cc2)cc1. The molecule has 0 aliphatic rings. The molecule has 0 radical (unpaired) electrons. The highest BCUT2D eigenvalue weighted by molar-refractivity contribution is 6.14. The first-order valence-electron chi connectivity index (χ1n) is 22.0. The van der Waals surface area contributed by atoms with Crippen LogP contribution in [-0.2, 0) is 0 Å². The number of nitrogens with zero attached hydrogens (tertiary/aromatic N) is 2. The summed E-state index contributed by atoms with van der Waals surface area (Å²) in [6.07, 6.45) is 0. The fourth-order valence-electron chi connectivity index (χ4n) is 9.75. The van der Waals surface area contributed by atoms with Gasteiger partial charge < -0.3 is 9.47 Å². The van der Waals surface area contributed by atoms with Gasteiger partial charge >= 0.3 is 0 Å². The number of aromatic nitrogens is 1. The smallest absolute Gasteiger partial charge is 0.0619 e. The molecule has 2 heteroatoms. The molecule has 1 aromatic heterocycles. The van der Waals surface area contributed by atoms with Gasteiger partial charge in [-0.25, -0.2) is 0 Å². The Balaban J connectivity index is 1.01. The predicted molar refractivity (Wildman–Crippen MR) is 272 cm³/mol. The van der Waals surface area contributed by atoms with Gasteiger partial charge in [0.05, 0.1) is 11.0 Å². The third kappa shape index (κ3) is 6.52. The van der Waals surface area contributed by atoms with E-state index in [0.29, 0.717) is 0 Å². The first-order valence-corrected chi connectivity index (χ1v) is 22.0. The summed E-state index contributed by atoms with van der Waals surface area (Å²) in [6, 6.07) is 92.7. The van der Waals surface area contributed by atoms with Gasteiger partial charge in [0.15, 0.2) is 0 Å². The molecule has 11 aromatic carbocycles. The highest BCUT2D eigenvalue weighted by Crippen LogP contribution is 2.43. The molecule has 0 amide bonds. The van der Waals surface area contributed by atoms with Gasteiger partial charge in [0.25, 0.3) is 0 Å². The number of benzene rings is 11. The van der Waals surface area contributed by atoms with Crippen LogP contribution in [0, 0.1) is 0 Å². The molecule has 0 aliphatic heterocycles. The summed E-state index contributed by atoms with van der Waals surface area (Å²) in [6.45, 7) is 0. The second-order valence-electron chi connectivity index (χ2n) is 16.5. The zero-order chi connectivity index (χ0) is 42.4. The standard InChI is InChI=1S/C62H42N2/c1-3-15-43(16-4-1)44-31-33-45(34-32-44)46-35-38-51(39-36-46)63(52-22-11-18-48(41-52)55-26-13-28-57-54-24-8-7-17-47(54)37-40-58(55)57)53-23-12-19-49(42-53)56-27-14-29-60-59-25-9-10-30-61(59)64(62(56)60)50-20-5-2-6-21-50/h1-42H. The van der Waals surface area contributed by atoms with Crippen LogP contribution in [-0.4, -0.2) is 4.57 Å². The van der Waals surface area contributed by atoms with Crippen molar-refractivity contribution in [2.75, 3.05) is 4.90 Å². The minimum atomic E-state index is 1.08. The maximum Gasteiger partial charge on any atom is 0.0619 e. The maximum atomic E-state index is 2.42. The summed E-state index contributed by atoms with van der Waals surface area (Å²) < 4.78 is 2.42. The third-order valence-corrected chi connectivity index (χ3v) is 12.8. The second-order valence-corrected chi connectivity index (χ2v) is 16.5. The zero-order valence-electron chi connectivity index (χ0n) is 35.1. The molecule has 0 atom stereocenters. The fourth-order valence-corrected chi connectivity index (χ4v) is 9.75. The van der Waals surface area contributed by atoms with E-state index in [2.05, 4.69) is 264 Å². The minimum Gasteiger partial charge on any atom is -0.310 e. The topological polar surface area (TPSA) is 8.17 Å². The Morgan fingerprint density at radius 1 is 0.266 bits per heavy atom. The van der Waals surface area contributed by atoms with Crippen molar-refractivity contribution in [3.05, 3.63) is 255 Å². The van der Waals surface area contributed by atoms with Crippen LogP contribution in [0.4, 0.5) is 17.1 Å². The predicted octanol–water partition coefficient (Wildman–Crippen LogP) is 17.2. The molecule has 2 nitrogen and oxygen atoms in total. The van der Waals surface area contributed by atoms with E-state index < -0.39 is 0 Å². The van der Waals surface area contributed by atoms with Gasteiger partial charge in [-0.1, -0.05) is 200 Å². The lowest BCUT2D eigenvalue weighted by Gasteiger charge is -2.27. The van der Waals surface area contributed by atoms with Gasteiger partial charge in [0.1, 0.15) is 0 Å². The molecule has 0 saturated heterocycles. The van der Waals surface area contributed by atoms with Crippen molar-refractivity contribution in [2.24, 2.45) is 0 Å². The molecule has 0 fully saturated rings. The molecule has 12 rings (SSSR count). The molecule has 64 heavy (non-hydrogen) atoms. The summed E-state index contributed by atoms with van der Waals surface area (Å²) in [5.74, 6) is 0. The fraction of sp³-hybridized carbons (Fsp3) is 0. The Kier molecular flexibility index (Phi) is 9.20. The number of hydrogen-bond donors (Lipinski definition) is 0. The first-order chi connectivity index (χ1) is 31.7. The van der Waals surface area contributed by atoms with Gasteiger partial charge in [-0.15, -0.1) is 0 Å². The lowest BCUT2D eigenvalue weighted by atomic mass is 9.94. The highest BCUT2D eigenvalue weighted by Gasteiger charge is 2.19. The Morgan fingerprint density at radius 2 is 0.766 bits per heavy atom. The minimum absolute atomic E-state index is 1.08. The third-order valence-electron chi connectivity index (χ3n) is 12.8. The number of fused-ring (bicyclic) bond motifs is 6. The molecule has 300 valence electrons. The van der Waals surface area contributed by atoms with Crippen LogP contribution in [0.25, 0.3) is 93.5 Å². The summed E-state index contributed by atoms with van der Waals surface area (Å²) in [4.78, 5) is 2.41. The number of anilines is 3. The molecule has 12 aromatic rings. The molecule has 0 bridgehead atoms. The molecule has 0 spiro atoms. The van der Waals surface area contributed by atoms with Crippen LogP contribution in [0.2, 0.25) is 0 Å². The van der Waals surface area contributed by atoms with E-state index in [-0.39, 0.29) is 0 Å². The number of para-hydroxylation sites is 3. The van der Waals surface area contributed by atoms with Crippen LogP contribution in [0.3, 0.4) is 0 Å². The monoisotopic (exact) mass is 814 g/mol. The Labute approximate surface area is 373 Å². The van der Waals surface area contributed by atoms with Crippen molar-refractivity contribution in [3.63, 3.8) is 0 Å². The maximum absolute atomic E-state index is 2.42. The van der Waals surface area contributed by atoms with Crippen molar-refractivity contribution in [1.82, 2.24) is 4.57 Å². The van der Waals surface area contributed by atoms with Crippen molar-refractivity contribution in [3.8, 4) is 50.2 Å². The van der Waals surface area contributed by atoms with Gasteiger partial charge in [-0.05, 0) is 115 Å². The summed E-state index contributed by atoms with van der Waals surface area (Å²) in [5.41, 5.74) is 16.3. The van der Waals surface area contributed by atoms with Crippen molar-refractivity contribution in [2.45, 2.75) is 0 Å². The van der Waals surface area contributed by atoms with Crippen molar-refractivity contribution in [1.29, 1.82) is 0 Å². The first kappa shape index (κ1) is 37.3. The van der Waals surface area contributed by atoms with E-state index in [1.807, 2.05) is 0 Å². The summed E-state index contributed by atoms with van der Waals surface area (Å²) in [5, 5.41) is 7.52. The normalized spacial score (nSPS) is 11.4. The van der Waals surface area contributed by atoms with E-state index in [1.54, 1.807) is 0 Å². The summed E-state index contributed by atoms with van der Waals surface area (Å²) in [7, 11) is 0. The second kappa shape index (κ2) is 15.8. The van der Waals surface area contributed by atoms with Gasteiger partial charge in [0.2, 0.25) is 0 Å². The average molecular weight is 815 g/mol. The number of hydrogen-bond acceptors (Lipinski definition) is 1. The number of rotatable bonds is 8. The Bertz CT molecular complexity index is 3640. The van der Waals surface area contributed by atoms with E-state index in [0.717, 1.165) is 28.3 Å². The van der Waals surface area contributed by atoms with E-state index in [4.69, 9.17) is 0 Å².